The van der Waals surface area contributed by atoms with E-state index in [4.69, 9.17) is 11.6 Å². The van der Waals surface area contributed by atoms with Crippen LogP contribution in [0.5, 0.6) is 0 Å². The number of amides is 1. The van der Waals surface area contributed by atoms with Crippen molar-refractivity contribution in [3.8, 4) is 0 Å². The summed E-state index contributed by atoms with van der Waals surface area (Å²) < 4.78 is 3.68. The number of fused-ring (bicyclic) bond motifs is 1. The Morgan fingerprint density at radius 3 is 3.06 bits per heavy atom. The average Bonchev–Trinajstić information content (AvgIpc) is 2.98. The minimum absolute atomic E-state index is 0.104. The normalized spacial score (nSPS) is 21.6. The van der Waals surface area contributed by atoms with E-state index >= 15 is 0 Å². The van der Waals surface area contributed by atoms with Gasteiger partial charge in [0.1, 0.15) is 4.88 Å². The molecular weight excluding hydrogens is 270 g/mol. The first-order valence-electron chi connectivity index (χ1n) is 5.56. The predicted octanol–water partition coefficient (Wildman–Crippen LogP) is 2.17. The molecule has 1 amide bonds. The van der Waals surface area contributed by atoms with Crippen LogP contribution in [-0.4, -0.2) is 20.9 Å². The monoisotopic (exact) mass is 279 g/mol. The Morgan fingerprint density at radius 2 is 2.28 bits per heavy atom. The third-order valence-corrected chi connectivity index (χ3v) is 4.11. The summed E-state index contributed by atoms with van der Waals surface area (Å²) in [5.74, 6) is -0.169. The van der Waals surface area contributed by atoms with Crippen LogP contribution in [-0.2, 0) is 6.42 Å². The number of nitrogens with zero attached hydrogens (tertiary/aromatic N) is 2. The summed E-state index contributed by atoms with van der Waals surface area (Å²) in [4.78, 5) is 12.5. The molecule has 3 rings (SSSR count). The molecule has 6 heteroatoms. The third kappa shape index (κ3) is 2.00. The van der Waals surface area contributed by atoms with E-state index in [1.54, 1.807) is 0 Å². The van der Waals surface area contributed by atoms with E-state index in [2.05, 4.69) is 14.9 Å². The zero-order valence-electron chi connectivity index (χ0n) is 9.34. The second-order valence-electron chi connectivity index (χ2n) is 4.15. The molecule has 0 radical (unpaired) electrons. The van der Waals surface area contributed by atoms with Gasteiger partial charge in [0.25, 0.3) is 5.91 Å². The van der Waals surface area contributed by atoms with Crippen LogP contribution in [0.3, 0.4) is 0 Å². The summed E-state index contributed by atoms with van der Waals surface area (Å²) in [6.07, 6.45) is 2.24. The summed E-state index contributed by atoms with van der Waals surface area (Å²) in [5.41, 5.74) is 2.30. The molecule has 1 aliphatic rings. The van der Waals surface area contributed by atoms with Crippen molar-refractivity contribution in [3.63, 3.8) is 0 Å². The maximum Gasteiger partial charge on any atom is 0.265 e. The van der Waals surface area contributed by atoms with E-state index in [0.29, 0.717) is 4.88 Å². The highest BCUT2D eigenvalue weighted by molar-refractivity contribution is 7.07. The molecule has 1 aliphatic carbocycles. The van der Waals surface area contributed by atoms with Gasteiger partial charge in [-0.25, -0.2) is 0 Å². The molecule has 1 heterocycles. The lowest BCUT2D eigenvalue weighted by atomic mass is 10.1. The first-order chi connectivity index (χ1) is 8.75. The van der Waals surface area contributed by atoms with E-state index < -0.39 is 0 Å². The molecule has 0 saturated carbocycles. The minimum atomic E-state index is -0.169. The Kier molecular flexibility index (Phi) is 3.01. The van der Waals surface area contributed by atoms with Crippen molar-refractivity contribution >= 4 is 29.0 Å². The Bertz CT molecular complexity index is 572. The molecule has 0 bridgehead atoms. The molecule has 2 aromatic rings. The predicted molar refractivity (Wildman–Crippen MR) is 69.9 cm³/mol. The maximum atomic E-state index is 12.0. The van der Waals surface area contributed by atoms with E-state index in [0.717, 1.165) is 23.5 Å². The molecule has 2 unspecified atom stereocenters. The molecule has 0 spiro atoms. The lowest BCUT2D eigenvalue weighted by molar-refractivity contribution is 0.0941. The van der Waals surface area contributed by atoms with Gasteiger partial charge in [0.15, 0.2) is 0 Å². The van der Waals surface area contributed by atoms with Crippen LogP contribution < -0.4 is 5.32 Å². The van der Waals surface area contributed by atoms with Crippen molar-refractivity contribution in [2.24, 2.45) is 0 Å². The van der Waals surface area contributed by atoms with Gasteiger partial charge in [0.05, 0.1) is 17.6 Å². The van der Waals surface area contributed by atoms with Gasteiger partial charge in [-0.05, 0) is 29.1 Å². The number of hydrogen-bond acceptors (Lipinski definition) is 4. The summed E-state index contributed by atoms with van der Waals surface area (Å²) in [7, 11) is 0. The van der Waals surface area contributed by atoms with Crippen LogP contribution in [0.2, 0.25) is 0 Å². The lowest BCUT2D eigenvalue weighted by Gasteiger charge is -2.16. The van der Waals surface area contributed by atoms with E-state index in [9.17, 15) is 4.79 Å². The zero-order valence-corrected chi connectivity index (χ0v) is 10.9. The molecule has 0 fully saturated rings. The number of hydrogen-bond donors (Lipinski definition) is 1. The Morgan fingerprint density at radius 1 is 1.44 bits per heavy atom. The standard InChI is InChI=1S/C12H10ClN3OS/c13-9-5-7-3-1-2-4-8(7)11(9)15-12(17)10-6-14-16-18-10/h1-4,6,9,11H,5H2,(H,15,17). The van der Waals surface area contributed by atoms with Crippen LogP contribution in [0.25, 0.3) is 0 Å². The Balaban J connectivity index is 1.83. The quantitative estimate of drug-likeness (QED) is 0.857. The largest absolute Gasteiger partial charge is 0.343 e. The molecular formula is C12H10ClN3OS. The minimum Gasteiger partial charge on any atom is -0.343 e. The van der Waals surface area contributed by atoms with Gasteiger partial charge < -0.3 is 5.32 Å². The van der Waals surface area contributed by atoms with Crippen molar-refractivity contribution in [2.45, 2.75) is 17.8 Å². The fourth-order valence-electron chi connectivity index (χ4n) is 2.19. The van der Waals surface area contributed by atoms with Gasteiger partial charge in [-0.15, -0.1) is 16.7 Å². The van der Waals surface area contributed by atoms with Crippen LogP contribution in [0, 0.1) is 0 Å². The zero-order chi connectivity index (χ0) is 12.5. The summed E-state index contributed by atoms with van der Waals surface area (Å²) in [6.45, 7) is 0. The van der Waals surface area contributed by atoms with Gasteiger partial charge in [-0.2, -0.15) is 0 Å². The summed E-state index contributed by atoms with van der Waals surface area (Å²) in [6, 6.07) is 7.86. The molecule has 92 valence electrons. The number of rotatable bonds is 2. The highest BCUT2D eigenvalue weighted by atomic mass is 35.5. The van der Waals surface area contributed by atoms with E-state index in [-0.39, 0.29) is 17.3 Å². The van der Waals surface area contributed by atoms with Gasteiger partial charge in [0, 0.05) is 0 Å². The number of alkyl halides is 1. The molecule has 0 aliphatic heterocycles. The highest BCUT2D eigenvalue weighted by Crippen LogP contribution is 2.34. The first kappa shape index (κ1) is 11.6. The molecule has 18 heavy (non-hydrogen) atoms. The number of nitrogens with one attached hydrogen (secondary N) is 1. The summed E-state index contributed by atoms with van der Waals surface area (Å²) in [5, 5.41) is 6.50. The third-order valence-electron chi connectivity index (χ3n) is 3.04. The molecule has 0 saturated heterocycles. The fraction of sp³-hybridized carbons (Fsp3) is 0.250. The van der Waals surface area contributed by atoms with Gasteiger partial charge >= 0.3 is 0 Å². The van der Waals surface area contributed by atoms with Crippen molar-refractivity contribution in [1.82, 2.24) is 14.9 Å². The highest BCUT2D eigenvalue weighted by Gasteiger charge is 2.32. The number of carbonyl (C=O) groups excluding carboxylic acids is 1. The summed E-state index contributed by atoms with van der Waals surface area (Å²) >= 11 is 7.39. The smallest absolute Gasteiger partial charge is 0.265 e. The average molecular weight is 280 g/mol. The SMILES string of the molecule is O=C(NC1c2ccccc2CC1Cl)c1cnns1. The van der Waals surface area contributed by atoms with Crippen molar-refractivity contribution < 1.29 is 4.79 Å². The van der Waals surface area contributed by atoms with Crippen LogP contribution in [0.1, 0.15) is 26.8 Å². The maximum absolute atomic E-state index is 12.0. The number of carbonyl (C=O) groups is 1. The fourth-order valence-corrected chi connectivity index (χ4v) is 2.98. The molecule has 1 aromatic heterocycles. The van der Waals surface area contributed by atoms with Crippen LogP contribution >= 0.6 is 23.1 Å². The molecule has 4 nitrogen and oxygen atoms in total. The lowest BCUT2D eigenvalue weighted by Crippen LogP contribution is -2.31. The van der Waals surface area contributed by atoms with Gasteiger partial charge in [-0.3, -0.25) is 4.79 Å². The second kappa shape index (κ2) is 4.66. The van der Waals surface area contributed by atoms with E-state index in [1.807, 2.05) is 24.3 Å². The van der Waals surface area contributed by atoms with Crippen LogP contribution in [0.15, 0.2) is 30.5 Å². The Hall–Kier alpha value is -1.46. The van der Waals surface area contributed by atoms with Crippen molar-refractivity contribution in [1.29, 1.82) is 0 Å². The number of benzene rings is 1. The van der Waals surface area contributed by atoms with E-state index in [1.165, 1.54) is 11.8 Å². The van der Waals surface area contributed by atoms with Crippen molar-refractivity contribution in [3.05, 3.63) is 46.5 Å². The first-order valence-corrected chi connectivity index (χ1v) is 6.77. The number of halogens is 1. The second-order valence-corrected chi connectivity index (χ2v) is 5.50. The molecule has 2 atom stereocenters. The molecule has 1 N–H and O–H groups in total. The molecule has 1 aromatic carbocycles. The Labute approximate surface area is 113 Å². The van der Waals surface area contributed by atoms with Gasteiger partial charge in [0.2, 0.25) is 0 Å². The number of aromatic nitrogens is 2. The topological polar surface area (TPSA) is 54.9 Å². The van der Waals surface area contributed by atoms with Gasteiger partial charge in [-0.1, -0.05) is 28.8 Å². The van der Waals surface area contributed by atoms with Crippen molar-refractivity contribution in [2.75, 3.05) is 0 Å². The van der Waals surface area contributed by atoms with Crippen LogP contribution in [0.4, 0.5) is 0 Å².